The Morgan fingerprint density at radius 2 is 1.78 bits per heavy atom. The zero-order chi connectivity index (χ0) is 13.0. The summed E-state index contributed by atoms with van der Waals surface area (Å²) in [6, 6.07) is 12.6. The number of hydrogen-bond acceptors (Lipinski definition) is 2. The summed E-state index contributed by atoms with van der Waals surface area (Å²) in [7, 11) is 0. The second-order valence-electron chi connectivity index (χ2n) is 3.68. The van der Waals surface area contributed by atoms with Crippen LogP contribution in [0.25, 0.3) is 0 Å². The molecule has 92 valence electrons. The molecule has 0 aromatic heterocycles. The second-order valence-corrected chi connectivity index (χ2v) is 4.12. The Hall–Kier alpha value is -1.87. The fraction of sp³-hybridized carbons (Fsp3) is 0.0714. The zero-order valence-corrected chi connectivity index (χ0v) is 10.2. The molecule has 0 aliphatic carbocycles. The van der Waals surface area contributed by atoms with Gasteiger partial charge in [0.15, 0.2) is 0 Å². The summed E-state index contributed by atoms with van der Waals surface area (Å²) in [6.07, 6.45) is 0. The third kappa shape index (κ3) is 3.08. The number of hydrogen-bond donors (Lipinski definition) is 0. The maximum Gasteiger partial charge on any atom is 0.341 e. The molecular weight excluding hydrogens is 255 g/mol. The van der Waals surface area contributed by atoms with Crippen molar-refractivity contribution in [2.75, 3.05) is 0 Å². The summed E-state index contributed by atoms with van der Waals surface area (Å²) >= 11 is 5.73. The monoisotopic (exact) mass is 264 g/mol. The van der Waals surface area contributed by atoms with Crippen molar-refractivity contribution >= 4 is 17.6 Å². The van der Waals surface area contributed by atoms with Crippen LogP contribution in [0.15, 0.2) is 48.5 Å². The molecule has 0 fully saturated rings. The number of ether oxygens (including phenoxy) is 1. The third-order valence-corrected chi connectivity index (χ3v) is 2.63. The van der Waals surface area contributed by atoms with Crippen LogP contribution in [0.1, 0.15) is 15.9 Å². The molecule has 0 aliphatic heterocycles. The summed E-state index contributed by atoms with van der Waals surface area (Å²) in [6.45, 7) is 0.0876. The molecule has 0 saturated carbocycles. The van der Waals surface area contributed by atoms with Crippen molar-refractivity contribution < 1.29 is 13.9 Å². The van der Waals surface area contributed by atoms with E-state index in [2.05, 4.69) is 0 Å². The van der Waals surface area contributed by atoms with Gasteiger partial charge in [-0.3, -0.25) is 0 Å². The van der Waals surface area contributed by atoms with Crippen molar-refractivity contribution in [3.8, 4) is 0 Å². The second kappa shape index (κ2) is 5.65. The van der Waals surface area contributed by atoms with E-state index in [0.717, 1.165) is 5.56 Å². The number of rotatable bonds is 3. The van der Waals surface area contributed by atoms with E-state index in [1.807, 2.05) is 0 Å². The standard InChI is InChI=1S/C14H10ClFO2/c15-11-7-5-10(6-8-11)9-18-14(17)12-3-1-2-4-13(12)16/h1-8H,9H2. The molecular formula is C14H10ClFO2. The van der Waals surface area contributed by atoms with Gasteiger partial charge in [0.1, 0.15) is 12.4 Å². The van der Waals surface area contributed by atoms with Crippen LogP contribution >= 0.6 is 11.6 Å². The highest BCUT2D eigenvalue weighted by Gasteiger charge is 2.11. The lowest BCUT2D eigenvalue weighted by Crippen LogP contribution is -2.07. The molecule has 0 unspecified atom stereocenters. The third-order valence-electron chi connectivity index (χ3n) is 2.38. The summed E-state index contributed by atoms with van der Waals surface area (Å²) in [5.74, 6) is -1.26. The number of carbonyl (C=O) groups is 1. The molecule has 2 rings (SSSR count). The predicted molar refractivity (Wildman–Crippen MR) is 67.0 cm³/mol. The van der Waals surface area contributed by atoms with E-state index in [0.29, 0.717) is 5.02 Å². The van der Waals surface area contributed by atoms with E-state index in [1.165, 1.54) is 18.2 Å². The molecule has 0 aliphatic rings. The van der Waals surface area contributed by atoms with Crippen LogP contribution in [0.4, 0.5) is 4.39 Å². The van der Waals surface area contributed by atoms with Crippen molar-refractivity contribution in [3.05, 3.63) is 70.5 Å². The number of esters is 1. The number of halogens is 2. The Morgan fingerprint density at radius 3 is 2.44 bits per heavy atom. The van der Waals surface area contributed by atoms with E-state index in [-0.39, 0.29) is 12.2 Å². The Labute approximate surface area is 109 Å². The molecule has 0 N–H and O–H groups in total. The minimum atomic E-state index is -0.678. The lowest BCUT2D eigenvalue weighted by atomic mass is 10.2. The van der Waals surface area contributed by atoms with Crippen LogP contribution in [0.2, 0.25) is 5.02 Å². The van der Waals surface area contributed by atoms with Crippen molar-refractivity contribution in [1.29, 1.82) is 0 Å². The minimum absolute atomic E-state index is 0.0635. The van der Waals surface area contributed by atoms with E-state index in [9.17, 15) is 9.18 Å². The topological polar surface area (TPSA) is 26.3 Å². The Balaban J connectivity index is 2.01. The van der Waals surface area contributed by atoms with Gasteiger partial charge in [0, 0.05) is 5.02 Å². The quantitative estimate of drug-likeness (QED) is 0.788. The minimum Gasteiger partial charge on any atom is -0.457 e. The van der Waals surface area contributed by atoms with Crippen LogP contribution in [-0.2, 0) is 11.3 Å². The molecule has 2 nitrogen and oxygen atoms in total. The normalized spacial score (nSPS) is 10.1. The molecule has 0 spiro atoms. The molecule has 0 bridgehead atoms. The first kappa shape index (κ1) is 12.6. The first-order valence-electron chi connectivity index (χ1n) is 5.33. The van der Waals surface area contributed by atoms with Gasteiger partial charge in [0.25, 0.3) is 0 Å². The zero-order valence-electron chi connectivity index (χ0n) is 9.40. The Morgan fingerprint density at radius 1 is 1.11 bits per heavy atom. The lowest BCUT2D eigenvalue weighted by Gasteiger charge is -2.05. The van der Waals surface area contributed by atoms with E-state index in [4.69, 9.17) is 16.3 Å². The highest BCUT2D eigenvalue weighted by atomic mass is 35.5. The molecule has 0 saturated heterocycles. The summed E-state index contributed by atoms with van der Waals surface area (Å²) in [5.41, 5.74) is 0.732. The van der Waals surface area contributed by atoms with Crippen molar-refractivity contribution in [2.24, 2.45) is 0 Å². The fourth-order valence-corrected chi connectivity index (χ4v) is 1.56. The van der Waals surface area contributed by atoms with Gasteiger partial charge >= 0.3 is 5.97 Å². The van der Waals surface area contributed by atoms with Crippen molar-refractivity contribution in [2.45, 2.75) is 6.61 Å². The summed E-state index contributed by atoms with van der Waals surface area (Å²) < 4.78 is 18.3. The first-order valence-corrected chi connectivity index (χ1v) is 5.71. The molecule has 0 atom stereocenters. The maximum absolute atomic E-state index is 13.3. The van der Waals surface area contributed by atoms with Crippen LogP contribution in [0.3, 0.4) is 0 Å². The Bertz CT molecular complexity index is 552. The lowest BCUT2D eigenvalue weighted by molar-refractivity contribution is 0.0467. The Kier molecular flexibility index (Phi) is 3.95. The molecule has 4 heteroatoms. The molecule has 0 heterocycles. The molecule has 0 radical (unpaired) electrons. The van der Waals surface area contributed by atoms with Crippen LogP contribution < -0.4 is 0 Å². The van der Waals surface area contributed by atoms with Crippen LogP contribution in [0, 0.1) is 5.82 Å². The van der Waals surface area contributed by atoms with Gasteiger partial charge in [-0.2, -0.15) is 0 Å². The van der Waals surface area contributed by atoms with Gasteiger partial charge in [-0.05, 0) is 29.8 Å². The smallest absolute Gasteiger partial charge is 0.341 e. The highest BCUT2D eigenvalue weighted by Crippen LogP contribution is 2.12. The van der Waals surface area contributed by atoms with Gasteiger partial charge in [-0.15, -0.1) is 0 Å². The van der Waals surface area contributed by atoms with E-state index >= 15 is 0 Å². The van der Waals surface area contributed by atoms with Gasteiger partial charge in [0.05, 0.1) is 5.56 Å². The molecule has 18 heavy (non-hydrogen) atoms. The average molecular weight is 265 g/mol. The van der Waals surface area contributed by atoms with Crippen LogP contribution in [0.5, 0.6) is 0 Å². The molecule has 0 amide bonds. The largest absolute Gasteiger partial charge is 0.457 e. The van der Waals surface area contributed by atoms with Crippen molar-refractivity contribution in [3.63, 3.8) is 0 Å². The van der Waals surface area contributed by atoms with Crippen molar-refractivity contribution in [1.82, 2.24) is 0 Å². The van der Waals surface area contributed by atoms with Gasteiger partial charge < -0.3 is 4.74 Å². The van der Waals surface area contributed by atoms with Crippen LogP contribution in [-0.4, -0.2) is 5.97 Å². The molecule has 2 aromatic rings. The fourth-order valence-electron chi connectivity index (χ4n) is 1.43. The summed E-state index contributed by atoms with van der Waals surface area (Å²) in [5, 5.41) is 0.610. The first-order chi connectivity index (χ1) is 8.66. The highest BCUT2D eigenvalue weighted by molar-refractivity contribution is 6.30. The van der Waals surface area contributed by atoms with Gasteiger partial charge in [-0.25, -0.2) is 9.18 Å². The van der Waals surface area contributed by atoms with Gasteiger partial charge in [-0.1, -0.05) is 35.9 Å². The molecule has 2 aromatic carbocycles. The van der Waals surface area contributed by atoms with E-state index in [1.54, 1.807) is 30.3 Å². The predicted octanol–water partition coefficient (Wildman–Crippen LogP) is 3.84. The summed E-state index contributed by atoms with van der Waals surface area (Å²) in [4.78, 5) is 11.6. The maximum atomic E-state index is 13.3. The SMILES string of the molecule is O=C(OCc1ccc(Cl)cc1)c1ccccc1F. The van der Waals surface area contributed by atoms with E-state index < -0.39 is 11.8 Å². The number of carbonyl (C=O) groups excluding carboxylic acids is 1. The average Bonchev–Trinajstić information content (AvgIpc) is 2.38. The number of benzene rings is 2. The van der Waals surface area contributed by atoms with Gasteiger partial charge in [0.2, 0.25) is 0 Å².